The van der Waals surface area contributed by atoms with E-state index in [0.29, 0.717) is 15.8 Å². The largest absolute Gasteiger partial charge is 0.385 e. The molecule has 0 heterocycles. The molecule has 1 rings (SSSR count). The Hall–Kier alpha value is -0.0900. The van der Waals surface area contributed by atoms with E-state index in [1.54, 1.807) is 25.3 Å². The van der Waals surface area contributed by atoms with Gasteiger partial charge >= 0.3 is 0 Å². The van der Waals surface area contributed by atoms with Gasteiger partial charge in [-0.05, 0) is 31.0 Å². The lowest BCUT2D eigenvalue weighted by molar-refractivity contribution is 0.192. The van der Waals surface area contributed by atoms with Gasteiger partial charge in [0, 0.05) is 24.4 Å². The average molecular weight is 295 g/mol. The Kier molecular flexibility index (Phi) is 7.12. The maximum absolute atomic E-state index is 11.9. The highest BCUT2D eigenvalue weighted by Gasteiger charge is 2.06. The molecule has 0 fully saturated rings. The standard InChI is InChI=1S/C12H16Cl2O2S/c1-16-7-3-2-4-8-17(15)10-5-6-11(13)12(14)9-10/h5-6,9H,2-4,7-8H2,1H3/t17-/m1/s1. The van der Waals surface area contributed by atoms with Gasteiger partial charge in [0.2, 0.25) is 0 Å². The molecule has 0 aliphatic heterocycles. The van der Waals surface area contributed by atoms with E-state index in [1.165, 1.54) is 0 Å². The van der Waals surface area contributed by atoms with Crippen LogP contribution in [0.4, 0.5) is 0 Å². The molecular weight excluding hydrogens is 279 g/mol. The van der Waals surface area contributed by atoms with E-state index in [9.17, 15) is 4.21 Å². The van der Waals surface area contributed by atoms with E-state index in [-0.39, 0.29) is 0 Å². The molecule has 0 saturated carbocycles. The van der Waals surface area contributed by atoms with Crippen LogP contribution in [0.2, 0.25) is 10.0 Å². The van der Waals surface area contributed by atoms with Crippen LogP contribution < -0.4 is 0 Å². The highest BCUT2D eigenvalue weighted by molar-refractivity contribution is 7.85. The first-order valence-corrected chi connectivity index (χ1v) is 7.55. The van der Waals surface area contributed by atoms with Crippen molar-refractivity contribution in [1.82, 2.24) is 0 Å². The molecule has 0 aliphatic carbocycles. The summed E-state index contributed by atoms with van der Waals surface area (Å²) in [6, 6.07) is 5.12. The second kappa shape index (κ2) is 8.09. The molecule has 0 bridgehead atoms. The fourth-order valence-electron chi connectivity index (χ4n) is 1.39. The van der Waals surface area contributed by atoms with Crippen molar-refractivity contribution in [3.63, 3.8) is 0 Å². The molecule has 17 heavy (non-hydrogen) atoms. The molecule has 2 nitrogen and oxygen atoms in total. The average Bonchev–Trinajstić information content (AvgIpc) is 2.32. The van der Waals surface area contributed by atoms with Crippen molar-refractivity contribution < 1.29 is 8.95 Å². The molecule has 1 aromatic carbocycles. The summed E-state index contributed by atoms with van der Waals surface area (Å²) in [5.74, 6) is 0.654. The van der Waals surface area contributed by atoms with Gasteiger partial charge in [-0.3, -0.25) is 4.21 Å². The van der Waals surface area contributed by atoms with Gasteiger partial charge in [-0.1, -0.05) is 29.6 Å². The molecule has 1 aromatic rings. The number of benzene rings is 1. The van der Waals surface area contributed by atoms with Gasteiger partial charge in [-0.2, -0.15) is 0 Å². The summed E-state index contributed by atoms with van der Waals surface area (Å²) >= 11 is 11.7. The molecule has 0 saturated heterocycles. The maximum atomic E-state index is 11.9. The zero-order chi connectivity index (χ0) is 12.7. The van der Waals surface area contributed by atoms with Crippen molar-refractivity contribution >= 4 is 34.0 Å². The Bertz CT molecular complexity index is 383. The Morgan fingerprint density at radius 3 is 2.59 bits per heavy atom. The Balaban J connectivity index is 2.39. The van der Waals surface area contributed by atoms with E-state index in [1.807, 2.05) is 0 Å². The van der Waals surface area contributed by atoms with E-state index in [0.717, 1.165) is 30.8 Å². The fourth-order valence-corrected chi connectivity index (χ4v) is 2.93. The lowest BCUT2D eigenvalue weighted by atomic mass is 10.3. The number of methoxy groups -OCH3 is 1. The summed E-state index contributed by atoms with van der Waals surface area (Å²) < 4.78 is 16.9. The molecule has 96 valence electrons. The van der Waals surface area contributed by atoms with E-state index >= 15 is 0 Å². The zero-order valence-electron chi connectivity index (χ0n) is 9.75. The first kappa shape index (κ1) is 15.0. The van der Waals surface area contributed by atoms with Crippen LogP contribution in [0.25, 0.3) is 0 Å². The van der Waals surface area contributed by atoms with Crippen LogP contribution in [0, 0.1) is 0 Å². The number of hydrogen-bond acceptors (Lipinski definition) is 2. The van der Waals surface area contributed by atoms with Crippen LogP contribution in [-0.4, -0.2) is 23.7 Å². The quantitative estimate of drug-likeness (QED) is 0.713. The highest BCUT2D eigenvalue weighted by atomic mass is 35.5. The summed E-state index contributed by atoms with van der Waals surface area (Å²) in [6.07, 6.45) is 2.96. The molecule has 5 heteroatoms. The van der Waals surface area contributed by atoms with Crippen LogP contribution in [-0.2, 0) is 15.5 Å². The second-order valence-electron chi connectivity index (χ2n) is 3.68. The maximum Gasteiger partial charge on any atom is 0.0604 e. The Labute approximate surface area is 115 Å². The SMILES string of the molecule is COCCCCC[S@@](=O)c1ccc(Cl)c(Cl)c1. The van der Waals surface area contributed by atoms with Crippen LogP contribution in [0.15, 0.2) is 23.1 Å². The summed E-state index contributed by atoms with van der Waals surface area (Å²) in [7, 11) is 0.697. The Morgan fingerprint density at radius 2 is 1.94 bits per heavy atom. The third kappa shape index (κ3) is 5.38. The minimum atomic E-state index is -0.991. The smallest absolute Gasteiger partial charge is 0.0604 e. The highest BCUT2D eigenvalue weighted by Crippen LogP contribution is 2.24. The second-order valence-corrected chi connectivity index (χ2v) is 6.06. The van der Waals surface area contributed by atoms with E-state index < -0.39 is 10.8 Å². The third-order valence-corrected chi connectivity index (χ3v) is 4.51. The van der Waals surface area contributed by atoms with Gasteiger partial charge < -0.3 is 4.74 Å². The Morgan fingerprint density at radius 1 is 1.18 bits per heavy atom. The molecule has 0 aromatic heterocycles. The first-order chi connectivity index (χ1) is 8.15. The minimum Gasteiger partial charge on any atom is -0.385 e. The van der Waals surface area contributed by atoms with Crippen LogP contribution in [0.3, 0.4) is 0 Å². The van der Waals surface area contributed by atoms with Crippen LogP contribution >= 0.6 is 23.2 Å². The molecule has 0 aliphatic rings. The summed E-state index contributed by atoms with van der Waals surface area (Å²) in [4.78, 5) is 0.742. The van der Waals surface area contributed by atoms with Crippen molar-refractivity contribution in [2.75, 3.05) is 19.5 Å². The molecule has 0 radical (unpaired) electrons. The van der Waals surface area contributed by atoms with Gasteiger partial charge in [0.05, 0.1) is 20.8 Å². The summed E-state index contributed by atoms with van der Waals surface area (Å²) in [5, 5.41) is 0.949. The predicted molar refractivity (Wildman–Crippen MR) is 73.5 cm³/mol. The molecular formula is C12H16Cl2O2S. The van der Waals surface area contributed by atoms with Crippen molar-refractivity contribution in [1.29, 1.82) is 0 Å². The van der Waals surface area contributed by atoms with Crippen LogP contribution in [0.1, 0.15) is 19.3 Å². The normalized spacial score (nSPS) is 12.6. The topological polar surface area (TPSA) is 26.3 Å². The van der Waals surface area contributed by atoms with Crippen molar-refractivity contribution in [3.8, 4) is 0 Å². The molecule has 0 spiro atoms. The van der Waals surface area contributed by atoms with Crippen LogP contribution in [0.5, 0.6) is 0 Å². The molecule has 1 atom stereocenters. The van der Waals surface area contributed by atoms with Crippen molar-refractivity contribution in [2.45, 2.75) is 24.2 Å². The third-order valence-electron chi connectivity index (χ3n) is 2.33. The van der Waals surface area contributed by atoms with Gasteiger partial charge in [0.15, 0.2) is 0 Å². The molecule has 0 amide bonds. The number of hydrogen-bond donors (Lipinski definition) is 0. The fraction of sp³-hybridized carbons (Fsp3) is 0.500. The number of unbranched alkanes of at least 4 members (excludes halogenated alkanes) is 2. The van der Waals surface area contributed by atoms with E-state index in [4.69, 9.17) is 27.9 Å². The number of rotatable bonds is 7. The summed E-state index contributed by atoms with van der Waals surface area (Å²) in [6.45, 7) is 0.763. The van der Waals surface area contributed by atoms with Gasteiger partial charge in [0.1, 0.15) is 0 Å². The monoisotopic (exact) mass is 294 g/mol. The zero-order valence-corrected chi connectivity index (χ0v) is 12.1. The number of halogens is 2. The van der Waals surface area contributed by atoms with E-state index in [2.05, 4.69) is 0 Å². The molecule has 0 N–H and O–H groups in total. The predicted octanol–water partition coefficient (Wildman–Crippen LogP) is 3.92. The first-order valence-electron chi connectivity index (χ1n) is 5.47. The summed E-state index contributed by atoms with van der Waals surface area (Å²) in [5.41, 5.74) is 0. The lowest BCUT2D eigenvalue weighted by Crippen LogP contribution is -1.99. The van der Waals surface area contributed by atoms with Gasteiger partial charge in [-0.25, -0.2) is 0 Å². The lowest BCUT2D eigenvalue weighted by Gasteiger charge is -2.04. The molecule has 0 unspecified atom stereocenters. The van der Waals surface area contributed by atoms with Gasteiger partial charge in [-0.15, -0.1) is 0 Å². The van der Waals surface area contributed by atoms with Crippen molar-refractivity contribution in [2.24, 2.45) is 0 Å². The number of ether oxygens (including phenoxy) is 1. The van der Waals surface area contributed by atoms with Gasteiger partial charge in [0.25, 0.3) is 0 Å². The minimum absolute atomic E-state index is 0.455. The van der Waals surface area contributed by atoms with Crippen molar-refractivity contribution in [3.05, 3.63) is 28.2 Å².